The van der Waals surface area contributed by atoms with E-state index < -0.39 is 22.7 Å². The highest BCUT2D eigenvalue weighted by molar-refractivity contribution is 14.1. The van der Waals surface area contributed by atoms with Gasteiger partial charge < -0.3 is 14.9 Å². The van der Waals surface area contributed by atoms with Gasteiger partial charge in [-0.1, -0.05) is 0 Å². The molecule has 1 aromatic rings. The van der Waals surface area contributed by atoms with Crippen molar-refractivity contribution in [3.05, 3.63) is 25.4 Å². The summed E-state index contributed by atoms with van der Waals surface area (Å²) in [4.78, 5) is 12.8. The summed E-state index contributed by atoms with van der Waals surface area (Å²) in [6, 6.07) is 0. The Balaban J connectivity index is 3.44. The molecule has 0 aliphatic rings. The van der Waals surface area contributed by atoms with E-state index in [4.69, 9.17) is 4.74 Å². The number of aromatic nitrogens is 1. The van der Waals surface area contributed by atoms with Crippen LogP contribution < -0.4 is 4.74 Å². The maximum Gasteiger partial charge on any atom is 0.373 e. The number of hydrogen-bond donors (Lipinski definition) is 0. The quantitative estimate of drug-likeness (QED) is 0.485. The first-order chi connectivity index (χ1) is 6.99. The van der Waals surface area contributed by atoms with Gasteiger partial charge in [-0.2, -0.15) is 0 Å². The number of alkyl halides is 2. The first-order valence-corrected chi connectivity index (χ1v) is 4.71. The van der Waals surface area contributed by atoms with Crippen LogP contribution in [0.1, 0.15) is 12.0 Å². The number of rotatable bonds is 3. The van der Waals surface area contributed by atoms with E-state index in [9.17, 15) is 18.9 Å². The average molecular weight is 330 g/mol. The van der Waals surface area contributed by atoms with Crippen molar-refractivity contribution in [2.24, 2.45) is 0 Å². The molecule has 0 unspecified atom stereocenters. The number of nitrogens with zero attached hydrogens (tertiary/aromatic N) is 2. The van der Waals surface area contributed by atoms with Crippen LogP contribution in [-0.4, -0.2) is 17.0 Å². The highest BCUT2D eigenvalue weighted by atomic mass is 127. The van der Waals surface area contributed by atoms with E-state index in [0.717, 1.165) is 6.20 Å². The summed E-state index contributed by atoms with van der Waals surface area (Å²) in [6.07, 6.45) is -1.91. The molecule has 1 aromatic heterocycles. The van der Waals surface area contributed by atoms with Gasteiger partial charge in [0.2, 0.25) is 0 Å². The third-order valence-corrected chi connectivity index (χ3v) is 2.72. The SMILES string of the molecule is COc1cnc([N+](=O)[O-])c(C(F)F)c1I. The molecule has 0 aromatic carbocycles. The average Bonchev–Trinajstić information content (AvgIpc) is 2.16. The molecule has 0 fully saturated rings. The zero-order valence-corrected chi connectivity index (χ0v) is 9.57. The van der Waals surface area contributed by atoms with Crippen molar-refractivity contribution >= 4 is 28.4 Å². The Hall–Kier alpha value is -1.06. The molecule has 0 radical (unpaired) electrons. The molecule has 1 rings (SSSR count). The van der Waals surface area contributed by atoms with Gasteiger partial charge in [0.1, 0.15) is 5.56 Å². The Morgan fingerprint density at radius 2 is 2.27 bits per heavy atom. The highest BCUT2D eigenvalue weighted by Crippen LogP contribution is 2.35. The summed E-state index contributed by atoms with van der Waals surface area (Å²) in [6.45, 7) is 0. The van der Waals surface area contributed by atoms with Crippen LogP contribution >= 0.6 is 22.6 Å². The standard InChI is InChI=1S/C7H5F2IN2O3/c1-15-3-2-11-7(12(13)14)4(5(3)10)6(8)9/h2,6H,1H3. The summed E-state index contributed by atoms with van der Waals surface area (Å²) < 4.78 is 29.9. The summed E-state index contributed by atoms with van der Waals surface area (Å²) >= 11 is 1.57. The molecule has 0 N–H and O–H groups in total. The molecule has 0 spiro atoms. The minimum Gasteiger partial charge on any atom is -0.492 e. The van der Waals surface area contributed by atoms with Crippen molar-refractivity contribution in [3.63, 3.8) is 0 Å². The number of hydrogen-bond acceptors (Lipinski definition) is 4. The lowest BCUT2D eigenvalue weighted by Gasteiger charge is -2.06. The number of pyridine rings is 1. The van der Waals surface area contributed by atoms with Gasteiger partial charge in [0.25, 0.3) is 6.43 Å². The van der Waals surface area contributed by atoms with Crippen LogP contribution in [0.15, 0.2) is 6.20 Å². The number of halogens is 3. The Morgan fingerprint density at radius 3 is 2.67 bits per heavy atom. The molecule has 0 aliphatic heterocycles. The van der Waals surface area contributed by atoms with E-state index in [1.807, 2.05) is 0 Å². The van der Waals surface area contributed by atoms with Crippen LogP contribution in [0.4, 0.5) is 14.6 Å². The summed E-state index contributed by atoms with van der Waals surface area (Å²) in [7, 11) is 1.28. The van der Waals surface area contributed by atoms with Gasteiger partial charge in [0, 0.05) is 0 Å². The van der Waals surface area contributed by atoms with Gasteiger partial charge in [0.05, 0.1) is 10.7 Å². The normalized spacial score (nSPS) is 10.5. The van der Waals surface area contributed by atoms with Gasteiger partial charge in [-0.3, -0.25) is 0 Å². The minimum atomic E-state index is -2.96. The molecule has 0 saturated heterocycles. The van der Waals surface area contributed by atoms with Crippen molar-refractivity contribution in [2.45, 2.75) is 6.43 Å². The molecule has 5 nitrogen and oxygen atoms in total. The predicted octanol–water partition coefficient (Wildman–Crippen LogP) is 2.54. The summed E-state index contributed by atoms with van der Waals surface area (Å²) in [5, 5.41) is 10.4. The third kappa shape index (κ3) is 2.30. The van der Waals surface area contributed by atoms with E-state index in [2.05, 4.69) is 4.98 Å². The Labute approximate surface area is 96.7 Å². The number of ether oxygens (including phenoxy) is 1. The Kier molecular flexibility index (Phi) is 3.72. The van der Waals surface area contributed by atoms with E-state index >= 15 is 0 Å². The molecule has 0 aliphatic carbocycles. The smallest absolute Gasteiger partial charge is 0.373 e. The van der Waals surface area contributed by atoms with Crippen molar-refractivity contribution < 1.29 is 18.4 Å². The van der Waals surface area contributed by atoms with E-state index in [1.54, 1.807) is 22.6 Å². The van der Waals surface area contributed by atoms with Gasteiger partial charge in [0.15, 0.2) is 11.9 Å². The second-order valence-electron chi connectivity index (χ2n) is 2.44. The minimum absolute atomic E-state index is 0.00630. The van der Waals surface area contributed by atoms with Gasteiger partial charge in [-0.05, 0) is 32.5 Å². The fraction of sp³-hybridized carbons (Fsp3) is 0.286. The Bertz CT molecular complexity index is 400. The predicted molar refractivity (Wildman–Crippen MR) is 55.1 cm³/mol. The molecule has 82 valence electrons. The Morgan fingerprint density at radius 1 is 1.67 bits per heavy atom. The van der Waals surface area contributed by atoms with Crippen molar-refractivity contribution in [1.29, 1.82) is 0 Å². The van der Waals surface area contributed by atoms with Crippen molar-refractivity contribution in [3.8, 4) is 5.75 Å². The molecule has 0 amide bonds. The van der Waals surface area contributed by atoms with Gasteiger partial charge in [-0.15, -0.1) is 0 Å². The highest BCUT2D eigenvalue weighted by Gasteiger charge is 2.28. The van der Waals surface area contributed by atoms with Crippen molar-refractivity contribution in [2.75, 3.05) is 7.11 Å². The van der Waals surface area contributed by atoms with E-state index in [0.29, 0.717) is 0 Å². The van der Waals surface area contributed by atoms with E-state index in [-0.39, 0.29) is 9.32 Å². The number of methoxy groups -OCH3 is 1. The van der Waals surface area contributed by atoms with Crippen LogP contribution in [0, 0.1) is 13.7 Å². The molecular formula is C7H5F2IN2O3. The lowest BCUT2D eigenvalue weighted by Crippen LogP contribution is -2.03. The molecule has 0 atom stereocenters. The zero-order chi connectivity index (χ0) is 11.6. The maximum absolute atomic E-state index is 12.6. The van der Waals surface area contributed by atoms with E-state index in [1.165, 1.54) is 7.11 Å². The fourth-order valence-corrected chi connectivity index (χ4v) is 1.79. The maximum atomic E-state index is 12.6. The first-order valence-electron chi connectivity index (χ1n) is 3.64. The fourth-order valence-electron chi connectivity index (χ4n) is 0.958. The zero-order valence-electron chi connectivity index (χ0n) is 7.41. The summed E-state index contributed by atoms with van der Waals surface area (Å²) in [5.41, 5.74) is -0.708. The second kappa shape index (κ2) is 4.64. The van der Waals surface area contributed by atoms with Crippen LogP contribution in [0.25, 0.3) is 0 Å². The molecule has 15 heavy (non-hydrogen) atoms. The molecule has 1 heterocycles. The second-order valence-corrected chi connectivity index (χ2v) is 3.51. The van der Waals surface area contributed by atoms with Crippen LogP contribution in [0.3, 0.4) is 0 Å². The molecule has 8 heteroatoms. The van der Waals surface area contributed by atoms with Crippen molar-refractivity contribution in [1.82, 2.24) is 4.98 Å². The topological polar surface area (TPSA) is 65.3 Å². The van der Waals surface area contributed by atoms with Crippen LogP contribution in [0.5, 0.6) is 5.75 Å². The van der Waals surface area contributed by atoms with Gasteiger partial charge >= 0.3 is 5.82 Å². The van der Waals surface area contributed by atoms with Gasteiger partial charge in [-0.25, -0.2) is 8.78 Å². The molecular weight excluding hydrogens is 325 g/mol. The molecule has 0 bridgehead atoms. The monoisotopic (exact) mass is 330 g/mol. The molecule has 0 saturated carbocycles. The first kappa shape index (κ1) is 12.0. The number of nitro groups is 1. The van der Waals surface area contributed by atoms with Crippen LogP contribution in [-0.2, 0) is 0 Å². The third-order valence-electron chi connectivity index (χ3n) is 1.61. The summed E-state index contributed by atoms with van der Waals surface area (Å²) in [5.74, 6) is -0.744. The van der Waals surface area contributed by atoms with Crippen LogP contribution in [0.2, 0.25) is 0 Å². The lowest BCUT2D eigenvalue weighted by molar-refractivity contribution is -0.391. The largest absolute Gasteiger partial charge is 0.492 e. The lowest BCUT2D eigenvalue weighted by atomic mass is 10.2.